The second-order valence-corrected chi connectivity index (χ2v) is 15.9. The molecule has 0 aromatic heterocycles. The van der Waals surface area contributed by atoms with Crippen LogP contribution in [0.2, 0.25) is 0 Å². The van der Waals surface area contributed by atoms with Crippen molar-refractivity contribution in [2.75, 3.05) is 19.6 Å². The SMILES string of the molecule is CC(C)CN(C(c1ccccc1)c1ccccc1)[C@@H]1C[C@@H](CNC(=O)c2ccc(/C=C3\SC(=O)NC3=O)cc2)N(C(=O)c2ccccc2C(=O)c2ccccc2F)C1. The molecule has 58 heavy (non-hydrogen) atoms. The molecule has 2 fully saturated rings. The number of rotatable bonds is 13. The highest BCUT2D eigenvalue weighted by Crippen LogP contribution is 2.36. The molecule has 5 aromatic carbocycles. The Morgan fingerprint density at radius 3 is 1.98 bits per heavy atom. The van der Waals surface area contributed by atoms with E-state index in [2.05, 4.69) is 53.6 Å². The molecule has 0 bridgehead atoms. The third kappa shape index (κ3) is 9.01. The van der Waals surface area contributed by atoms with Crippen molar-refractivity contribution in [3.05, 3.63) is 183 Å². The van der Waals surface area contributed by atoms with Crippen LogP contribution in [0.4, 0.5) is 9.18 Å². The maximum Gasteiger partial charge on any atom is 0.290 e. The molecule has 7 rings (SSSR count). The van der Waals surface area contributed by atoms with Gasteiger partial charge >= 0.3 is 0 Å². The van der Waals surface area contributed by atoms with Crippen LogP contribution in [0.1, 0.15) is 79.6 Å². The largest absolute Gasteiger partial charge is 0.350 e. The summed E-state index contributed by atoms with van der Waals surface area (Å²) >= 11 is 0.819. The highest BCUT2D eigenvalue weighted by molar-refractivity contribution is 8.18. The molecule has 0 spiro atoms. The monoisotopic (exact) mass is 794 g/mol. The van der Waals surface area contributed by atoms with Crippen molar-refractivity contribution in [2.24, 2.45) is 5.92 Å². The summed E-state index contributed by atoms with van der Waals surface area (Å²) in [6, 6.07) is 38.7. The van der Waals surface area contributed by atoms with Crippen molar-refractivity contribution in [1.29, 1.82) is 0 Å². The fraction of sp³-hybridized carbons (Fsp3) is 0.213. The highest BCUT2D eigenvalue weighted by atomic mass is 32.2. The maximum absolute atomic E-state index is 14.9. The summed E-state index contributed by atoms with van der Waals surface area (Å²) < 4.78 is 14.9. The number of halogens is 1. The fourth-order valence-electron chi connectivity index (χ4n) is 7.74. The van der Waals surface area contributed by atoms with E-state index in [0.717, 1.165) is 29.4 Å². The molecule has 9 nitrogen and oxygen atoms in total. The quantitative estimate of drug-likeness (QED) is 0.0914. The van der Waals surface area contributed by atoms with Crippen LogP contribution in [0.5, 0.6) is 0 Å². The number of ketones is 1. The van der Waals surface area contributed by atoms with Gasteiger partial charge in [-0.05, 0) is 77.2 Å². The van der Waals surface area contributed by atoms with Gasteiger partial charge in [-0.25, -0.2) is 4.39 Å². The average Bonchev–Trinajstić information content (AvgIpc) is 3.81. The number of nitrogens with one attached hydrogen (secondary N) is 2. The van der Waals surface area contributed by atoms with Crippen LogP contribution in [0.3, 0.4) is 0 Å². The first-order valence-electron chi connectivity index (χ1n) is 19.3. The number of carbonyl (C=O) groups is 5. The summed E-state index contributed by atoms with van der Waals surface area (Å²) in [6.07, 6.45) is 2.12. The number of benzene rings is 5. The molecule has 5 aromatic rings. The molecule has 2 saturated heterocycles. The van der Waals surface area contributed by atoms with Crippen LogP contribution >= 0.6 is 11.8 Å². The van der Waals surface area contributed by atoms with Crippen molar-refractivity contribution in [1.82, 2.24) is 20.4 Å². The van der Waals surface area contributed by atoms with Gasteiger partial charge in [-0.15, -0.1) is 0 Å². The minimum atomic E-state index is -0.670. The van der Waals surface area contributed by atoms with E-state index in [1.165, 1.54) is 18.2 Å². The summed E-state index contributed by atoms with van der Waals surface area (Å²) in [5.74, 6) is -2.17. The van der Waals surface area contributed by atoms with Gasteiger partial charge in [-0.1, -0.05) is 117 Å². The van der Waals surface area contributed by atoms with Crippen LogP contribution in [-0.2, 0) is 4.79 Å². The molecule has 2 atom stereocenters. The second-order valence-electron chi connectivity index (χ2n) is 14.9. The molecule has 0 saturated carbocycles. The Kier molecular flexibility index (Phi) is 12.4. The predicted octanol–water partition coefficient (Wildman–Crippen LogP) is 8.14. The molecule has 2 N–H and O–H groups in total. The lowest BCUT2D eigenvalue weighted by Crippen LogP contribution is -2.44. The first kappa shape index (κ1) is 40.0. The lowest BCUT2D eigenvalue weighted by Gasteiger charge is -2.38. The van der Waals surface area contributed by atoms with Gasteiger partial charge in [0, 0.05) is 36.8 Å². The van der Waals surface area contributed by atoms with Gasteiger partial charge < -0.3 is 10.2 Å². The molecule has 11 heteroatoms. The molecular weight excluding hydrogens is 752 g/mol. The lowest BCUT2D eigenvalue weighted by atomic mass is 9.94. The van der Waals surface area contributed by atoms with Crippen LogP contribution in [0.15, 0.2) is 138 Å². The summed E-state index contributed by atoms with van der Waals surface area (Å²) in [5, 5.41) is 4.85. The molecule has 0 aliphatic carbocycles. The molecule has 0 radical (unpaired) electrons. The third-order valence-corrected chi connectivity index (χ3v) is 11.2. The Morgan fingerprint density at radius 1 is 0.810 bits per heavy atom. The van der Waals surface area contributed by atoms with Crippen molar-refractivity contribution in [3.63, 3.8) is 0 Å². The Bertz CT molecular complexity index is 2310. The van der Waals surface area contributed by atoms with Gasteiger partial charge in [0.1, 0.15) is 5.82 Å². The number of nitrogens with zero attached hydrogens (tertiary/aromatic N) is 2. The first-order chi connectivity index (χ1) is 28.1. The number of thioether (sulfide) groups is 1. The van der Waals surface area contributed by atoms with Crippen LogP contribution in [-0.4, -0.2) is 70.3 Å². The van der Waals surface area contributed by atoms with Gasteiger partial charge in [0.2, 0.25) is 0 Å². The smallest absolute Gasteiger partial charge is 0.290 e. The number of amides is 4. The molecule has 2 aliphatic rings. The van der Waals surface area contributed by atoms with E-state index in [1.807, 2.05) is 36.4 Å². The second kappa shape index (κ2) is 18.0. The number of hydrogen-bond acceptors (Lipinski definition) is 7. The number of imide groups is 1. The van der Waals surface area contributed by atoms with Gasteiger partial charge in [-0.2, -0.15) is 0 Å². The van der Waals surface area contributed by atoms with Gasteiger partial charge in [-0.3, -0.25) is 34.2 Å². The van der Waals surface area contributed by atoms with Crippen LogP contribution < -0.4 is 10.6 Å². The summed E-state index contributed by atoms with van der Waals surface area (Å²) in [6.45, 7) is 5.51. The van der Waals surface area contributed by atoms with E-state index >= 15 is 0 Å². The minimum absolute atomic E-state index is 0.0993. The van der Waals surface area contributed by atoms with Crippen LogP contribution in [0, 0.1) is 11.7 Å². The number of likely N-dealkylation sites (tertiary alicyclic amines) is 1. The Hall–Kier alpha value is -6.17. The van der Waals surface area contributed by atoms with Crippen molar-refractivity contribution in [2.45, 2.75) is 38.4 Å². The highest BCUT2D eigenvalue weighted by Gasteiger charge is 2.42. The molecule has 294 valence electrons. The van der Waals surface area contributed by atoms with Crippen LogP contribution in [0.25, 0.3) is 6.08 Å². The first-order valence-corrected chi connectivity index (χ1v) is 20.1. The zero-order chi connectivity index (χ0) is 40.8. The normalized spacial score (nSPS) is 17.3. The predicted molar refractivity (Wildman–Crippen MR) is 224 cm³/mol. The molecular formula is C47H43FN4O5S. The molecule has 0 unspecified atom stereocenters. The molecule has 4 amide bonds. The van der Waals surface area contributed by atoms with E-state index in [0.29, 0.717) is 24.1 Å². The summed E-state index contributed by atoms with van der Waals surface area (Å²) in [4.78, 5) is 70.3. The Labute approximate surface area is 341 Å². The number of hydrogen-bond donors (Lipinski definition) is 2. The van der Waals surface area contributed by atoms with E-state index in [-0.39, 0.29) is 58.0 Å². The topological polar surface area (TPSA) is 116 Å². The Balaban J connectivity index is 1.20. The van der Waals surface area contributed by atoms with Gasteiger partial charge in [0.05, 0.1) is 28.1 Å². The molecule has 2 heterocycles. The Morgan fingerprint density at radius 2 is 1.40 bits per heavy atom. The number of carbonyl (C=O) groups excluding carboxylic acids is 5. The van der Waals surface area contributed by atoms with Gasteiger partial charge in [0.15, 0.2) is 5.78 Å². The van der Waals surface area contributed by atoms with Crippen molar-refractivity contribution in [3.8, 4) is 0 Å². The molecule has 2 aliphatic heterocycles. The summed E-state index contributed by atoms with van der Waals surface area (Å²) in [7, 11) is 0. The van der Waals surface area contributed by atoms with Crippen molar-refractivity contribution >= 4 is 46.6 Å². The zero-order valence-electron chi connectivity index (χ0n) is 32.1. The van der Waals surface area contributed by atoms with E-state index in [4.69, 9.17) is 0 Å². The van der Waals surface area contributed by atoms with E-state index in [1.54, 1.807) is 65.6 Å². The summed E-state index contributed by atoms with van der Waals surface area (Å²) in [5.41, 5.74) is 3.39. The van der Waals surface area contributed by atoms with Gasteiger partial charge in [0.25, 0.3) is 23.0 Å². The third-order valence-electron chi connectivity index (χ3n) is 10.4. The standard InChI is InChI=1S/C47H43FN4O5S/c1-30(2)28-51(42(32-13-5-3-6-14-32)33-15-7-4-8-16-33)36-26-35(27-49-44(54)34-23-21-31(22-24-34)25-41-45(55)50-47(57)58-41)52(29-36)46(56)38-18-10-9-17-37(38)43(53)39-19-11-12-20-40(39)48/h3-25,30,35-36,42H,26-29H2,1-2H3,(H,49,54)(H,50,55,57)/b41-25-/t35-,36+/m0/s1. The lowest BCUT2D eigenvalue weighted by molar-refractivity contribution is -0.115. The van der Waals surface area contributed by atoms with E-state index in [9.17, 15) is 28.4 Å². The minimum Gasteiger partial charge on any atom is -0.350 e. The zero-order valence-corrected chi connectivity index (χ0v) is 33.0. The van der Waals surface area contributed by atoms with E-state index < -0.39 is 28.8 Å². The average molecular weight is 795 g/mol. The fourth-order valence-corrected chi connectivity index (χ4v) is 8.42. The van der Waals surface area contributed by atoms with Crippen molar-refractivity contribution < 1.29 is 28.4 Å². The maximum atomic E-state index is 14.9.